The topological polar surface area (TPSA) is 9.23 Å². The molecule has 0 aliphatic heterocycles. The smallest absolute Gasteiger partial charge is 0.416 e. The van der Waals surface area contributed by atoms with Gasteiger partial charge in [0, 0.05) is 0 Å². The average molecular weight is 440 g/mol. The quantitative estimate of drug-likeness (QED) is 0.296. The van der Waals surface area contributed by atoms with Crippen LogP contribution in [0.5, 0.6) is 5.75 Å². The predicted octanol–water partition coefficient (Wildman–Crippen LogP) is 8.42. The van der Waals surface area contributed by atoms with Crippen LogP contribution in [0.1, 0.15) is 80.9 Å². The van der Waals surface area contributed by atoms with E-state index in [1.165, 1.54) is 56.9 Å². The highest BCUT2D eigenvalue weighted by Gasteiger charge is 2.33. The number of ether oxygens (including phenoxy) is 1. The highest BCUT2D eigenvalue weighted by atomic mass is 19.4. The van der Waals surface area contributed by atoms with Gasteiger partial charge in [0.15, 0.2) is 11.6 Å². The Labute approximate surface area is 180 Å². The monoisotopic (exact) mass is 440 g/mol. The molecule has 2 aromatic rings. The van der Waals surface area contributed by atoms with Gasteiger partial charge >= 0.3 is 6.18 Å². The second-order valence-electron chi connectivity index (χ2n) is 8.51. The first-order valence-corrected chi connectivity index (χ1v) is 11.1. The molecule has 1 fully saturated rings. The molecule has 0 spiro atoms. The van der Waals surface area contributed by atoms with E-state index in [0.29, 0.717) is 17.5 Å². The van der Waals surface area contributed by atoms with E-state index in [9.17, 15) is 22.0 Å². The van der Waals surface area contributed by atoms with E-state index in [0.717, 1.165) is 5.92 Å². The Hall–Kier alpha value is -2.11. The molecule has 0 atom stereocenters. The van der Waals surface area contributed by atoms with E-state index in [4.69, 9.17) is 4.74 Å². The van der Waals surface area contributed by atoms with E-state index in [2.05, 4.69) is 6.92 Å². The number of hydrogen-bond acceptors (Lipinski definition) is 1. The van der Waals surface area contributed by atoms with Crippen LogP contribution in [0.4, 0.5) is 22.0 Å². The van der Waals surface area contributed by atoms with Gasteiger partial charge in [-0.1, -0.05) is 56.9 Å². The SMILES string of the molecule is CCCCCC1CCC(c2ccc(COc3cc(C(F)(F)F)cc(F)c3F)cc2)CC1. The third-order valence-electron chi connectivity index (χ3n) is 6.23. The van der Waals surface area contributed by atoms with Gasteiger partial charge in [0.2, 0.25) is 5.82 Å². The predicted molar refractivity (Wildman–Crippen MR) is 111 cm³/mol. The lowest BCUT2D eigenvalue weighted by Gasteiger charge is -2.29. The highest BCUT2D eigenvalue weighted by molar-refractivity contribution is 5.33. The Balaban J connectivity index is 1.56. The van der Waals surface area contributed by atoms with Gasteiger partial charge in [-0.25, -0.2) is 4.39 Å². The molecule has 0 radical (unpaired) electrons. The maximum absolute atomic E-state index is 13.8. The van der Waals surface area contributed by atoms with E-state index in [1.54, 1.807) is 0 Å². The highest BCUT2D eigenvalue weighted by Crippen LogP contribution is 2.38. The van der Waals surface area contributed by atoms with Crippen molar-refractivity contribution in [3.8, 4) is 5.75 Å². The van der Waals surface area contributed by atoms with Crippen molar-refractivity contribution in [2.45, 2.75) is 77.0 Å². The van der Waals surface area contributed by atoms with Crippen molar-refractivity contribution < 1.29 is 26.7 Å². The fourth-order valence-electron chi connectivity index (χ4n) is 4.35. The van der Waals surface area contributed by atoms with Crippen LogP contribution in [0.3, 0.4) is 0 Å². The van der Waals surface area contributed by atoms with Crippen molar-refractivity contribution >= 4 is 0 Å². The minimum absolute atomic E-state index is 0.134. The zero-order valence-electron chi connectivity index (χ0n) is 17.8. The zero-order valence-corrected chi connectivity index (χ0v) is 17.8. The molecule has 1 saturated carbocycles. The van der Waals surface area contributed by atoms with Gasteiger partial charge < -0.3 is 4.74 Å². The van der Waals surface area contributed by atoms with Gasteiger partial charge in [-0.15, -0.1) is 0 Å². The number of hydrogen-bond donors (Lipinski definition) is 0. The summed E-state index contributed by atoms with van der Waals surface area (Å²) in [6.45, 7) is 2.09. The average Bonchev–Trinajstić information content (AvgIpc) is 2.75. The number of halogens is 5. The summed E-state index contributed by atoms with van der Waals surface area (Å²) in [6, 6.07) is 8.31. The molecule has 0 heterocycles. The molecule has 0 unspecified atom stereocenters. The lowest BCUT2D eigenvalue weighted by Crippen LogP contribution is -2.13. The number of unbranched alkanes of at least 4 members (excludes halogenated alkanes) is 2. The Bertz CT molecular complexity index is 836. The van der Waals surface area contributed by atoms with E-state index >= 15 is 0 Å². The molecule has 1 aliphatic carbocycles. The lowest BCUT2D eigenvalue weighted by molar-refractivity contribution is -0.138. The fourth-order valence-corrected chi connectivity index (χ4v) is 4.35. The van der Waals surface area contributed by atoms with Crippen molar-refractivity contribution in [3.05, 3.63) is 64.7 Å². The van der Waals surface area contributed by atoms with Gasteiger partial charge in [0.1, 0.15) is 6.61 Å². The van der Waals surface area contributed by atoms with Gasteiger partial charge in [-0.2, -0.15) is 17.6 Å². The summed E-state index contributed by atoms with van der Waals surface area (Å²) in [5, 5.41) is 0. The van der Waals surface area contributed by atoms with Crippen molar-refractivity contribution in [3.63, 3.8) is 0 Å². The van der Waals surface area contributed by atoms with E-state index in [-0.39, 0.29) is 12.7 Å². The summed E-state index contributed by atoms with van der Waals surface area (Å²) < 4.78 is 71.0. The molecular formula is C25H29F5O. The van der Waals surface area contributed by atoms with Gasteiger partial charge in [-0.05, 0) is 60.8 Å². The largest absolute Gasteiger partial charge is 0.486 e. The normalized spacial score (nSPS) is 19.4. The van der Waals surface area contributed by atoms with Crippen molar-refractivity contribution in [1.29, 1.82) is 0 Å². The lowest BCUT2D eigenvalue weighted by atomic mass is 9.77. The zero-order chi connectivity index (χ0) is 22.4. The molecule has 0 saturated heterocycles. The molecule has 1 nitrogen and oxygen atoms in total. The molecule has 0 bridgehead atoms. The first-order chi connectivity index (χ1) is 14.8. The van der Waals surface area contributed by atoms with Crippen LogP contribution in [-0.2, 0) is 12.8 Å². The summed E-state index contributed by atoms with van der Waals surface area (Å²) in [7, 11) is 0. The molecule has 0 N–H and O–H groups in total. The third-order valence-corrected chi connectivity index (χ3v) is 6.23. The minimum atomic E-state index is -4.77. The summed E-state index contributed by atoms with van der Waals surface area (Å²) in [5.74, 6) is -2.38. The summed E-state index contributed by atoms with van der Waals surface area (Å²) in [4.78, 5) is 0. The minimum Gasteiger partial charge on any atom is -0.486 e. The fraction of sp³-hybridized carbons (Fsp3) is 0.520. The maximum atomic E-state index is 13.8. The molecule has 2 aromatic carbocycles. The molecule has 6 heteroatoms. The van der Waals surface area contributed by atoms with E-state index < -0.39 is 29.1 Å². The molecule has 31 heavy (non-hydrogen) atoms. The second kappa shape index (κ2) is 10.5. The number of alkyl halides is 3. The number of rotatable bonds is 8. The Morgan fingerprint density at radius 1 is 0.935 bits per heavy atom. The maximum Gasteiger partial charge on any atom is 0.416 e. The molecule has 3 rings (SSSR count). The molecular weight excluding hydrogens is 411 g/mol. The Morgan fingerprint density at radius 2 is 1.61 bits per heavy atom. The summed E-state index contributed by atoms with van der Waals surface area (Å²) >= 11 is 0. The van der Waals surface area contributed by atoms with Crippen molar-refractivity contribution in [1.82, 2.24) is 0 Å². The van der Waals surface area contributed by atoms with Gasteiger partial charge in [0.25, 0.3) is 0 Å². The van der Waals surface area contributed by atoms with E-state index in [1.807, 2.05) is 24.3 Å². The molecule has 0 aromatic heterocycles. The van der Waals surface area contributed by atoms with Crippen LogP contribution >= 0.6 is 0 Å². The Morgan fingerprint density at radius 3 is 2.23 bits per heavy atom. The first kappa shape index (κ1) is 23.6. The summed E-state index contributed by atoms with van der Waals surface area (Å²) in [6.07, 6.45) is 5.26. The molecule has 0 amide bonds. The van der Waals surface area contributed by atoms with Crippen LogP contribution in [0.15, 0.2) is 36.4 Å². The Kier molecular flexibility index (Phi) is 7.95. The molecule has 170 valence electrons. The van der Waals surface area contributed by atoms with Crippen LogP contribution in [0.25, 0.3) is 0 Å². The molecule has 1 aliphatic rings. The third kappa shape index (κ3) is 6.44. The summed E-state index contributed by atoms with van der Waals surface area (Å²) in [5.41, 5.74) is 0.656. The van der Waals surface area contributed by atoms with Crippen LogP contribution in [0.2, 0.25) is 0 Å². The van der Waals surface area contributed by atoms with Crippen LogP contribution in [0, 0.1) is 17.6 Å². The first-order valence-electron chi connectivity index (χ1n) is 11.1. The van der Waals surface area contributed by atoms with Gasteiger partial charge in [0.05, 0.1) is 5.56 Å². The van der Waals surface area contributed by atoms with Crippen LogP contribution in [-0.4, -0.2) is 0 Å². The van der Waals surface area contributed by atoms with Crippen molar-refractivity contribution in [2.24, 2.45) is 5.92 Å². The number of benzene rings is 2. The van der Waals surface area contributed by atoms with Gasteiger partial charge in [-0.3, -0.25) is 0 Å². The second-order valence-corrected chi connectivity index (χ2v) is 8.51. The van der Waals surface area contributed by atoms with Crippen molar-refractivity contribution in [2.75, 3.05) is 0 Å². The van der Waals surface area contributed by atoms with Crippen LogP contribution < -0.4 is 4.74 Å². The standard InChI is InChI=1S/C25H29F5O/c1-2-3-4-5-17-6-10-19(11-7-17)20-12-8-18(9-13-20)16-31-23-15-21(25(28,29)30)14-22(26)24(23)27/h8-9,12-15,17,19H,2-7,10-11,16H2,1H3.